The van der Waals surface area contributed by atoms with E-state index in [1.165, 1.54) is 12.1 Å². The Balaban J connectivity index is 3.13. The first-order chi connectivity index (χ1) is 9.55. The zero-order chi connectivity index (χ0) is 16.4. The van der Waals surface area contributed by atoms with Gasteiger partial charge >= 0.3 is 5.97 Å². The summed E-state index contributed by atoms with van der Waals surface area (Å²) in [5.74, 6) is -1.97. The molecule has 0 bridgehead atoms. The SMILES string of the molecule is CC(C)(C)[C@@H](NC(=O)c1cccc([N+](=O)[O-])c1Cl)C(=O)O. The fourth-order valence-electron chi connectivity index (χ4n) is 1.69. The van der Waals surface area contributed by atoms with Crippen LogP contribution in [0, 0.1) is 15.5 Å². The van der Waals surface area contributed by atoms with Gasteiger partial charge in [-0.2, -0.15) is 0 Å². The van der Waals surface area contributed by atoms with Crippen molar-refractivity contribution >= 4 is 29.2 Å². The number of hydrogen-bond acceptors (Lipinski definition) is 4. The maximum Gasteiger partial charge on any atom is 0.326 e. The van der Waals surface area contributed by atoms with Crippen LogP contribution in [0.15, 0.2) is 18.2 Å². The van der Waals surface area contributed by atoms with Crippen molar-refractivity contribution in [2.24, 2.45) is 5.41 Å². The van der Waals surface area contributed by atoms with Crippen molar-refractivity contribution in [1.29, 1.82) is 0 Å². The molecule has 0 aliphatic rings. The molecule has 0 heterocycles. The summed E-state index contributed by atoms with van der Waals surface area (Å²) in [6, 6.07) is 2.62. The summed E-state index contributed by atoms with van der Waals surface area (Å²) in [5, 5.41) is 22.0. The lowest BCUT2D eigenvalue weighted by Crippen LogP contribution is -2.49. The van der Waals surface area contributed by atoms with E-state index in [0.717, 1.165) is 6.07 Å². The van der Waals surface area contributed by atoms with Gasteiger partial charge in [0, 0.05) is 6.07 Å². The highest BCUT2D eigenvalue weighted by molar-refractivity contribution is 6.35. The molecule has 0 aromatic heterocycles. The van der Waals surface area contributed by atoms with Crippen molar-refractivity contribution in [2.45, 2.75) is 26.8 Å². The first kappa shape index (κ1) is 16.9. The molecule has 0 aliphatic heterocycles. The summed E-state index contributed by atoms with van der Waals surface area (Å²) in [6.07, 6.45) is 0. The van der Waals surface area contributed by atoms with E-state index in [0.29, 0.717) is 0 Å². The quantitative estimate of drug-likeness (QED) is 0.655. The van der Waals surface area contributed by atoms with Gasteiger partial charge in [0.15, 0.2) is 0 Å². The number of carboxylic acid groups (broad SMARTS) is 1. The summed E-state index contributed by atoms with van der Waals surface area (Å²) in [4.78, 5) is 33.4. The van der Waals surface area contributed by atoms with E-state index in [2.05, 4.69) is 5.32 Å². The number of amides is 1. The molecule has 1 aromatic rings. The van der Waals surface area contributed by atoms with Crippen LogP contribution < -0.4 is 5.32 Å². The smallest absolute Gasteiger partial charge is 0.326 e. The fourth-order valence-corrected chi connectivity index (χ4v) is 1.97. The average Bonchev–Trinajstić information content (AvgIpc) is 2.33. The van der Waals surface area contributed by atoms with E-state index >= 15 is 0 Å². The summed E-state index contributed by atoms with van der Waals surface area (Å²) in [6.45, 7) is 4.96. The molecular weight excluding hydrogens is 300 g/mol. The van der Waals surface area contributed by atoms with Crippen LogP contribution in [-0.2, 0) is 4.79 Å². The third-order valence-electron chi connectivity index (χ3n) is 2.81. The van der Waals surface area contributed by atoms with Gasteiger partial charge in [0.2, 0.25) is 0 Å². The molecule has 0 radical (unpaired) electrons. The van der Waals surface area contributed by atoms with Crippen LogP contribution in [0.2, 0.25) is 5.02 Å². The lowest BCUT2D eigenvalue weighted by atomic mass is 9.86. The van der Waals surface area contributed by atoms with Gasteiger partial charge < -0.3 is 10.4 Å². The molecule has 21 heavy (non-hydrogen) atoms. The minimum absolute atomic E-state index is 0.138. The zero-order valence-electron chi connectivity index (χ0n) is 11.7. The van der Waals surface area contributed by atoms with Crippen LogP contribution in [0.1, 0.15) is 31.1 Å². The minimum Gasteiger partial charge on any atom is -0.480 e. The zero-order valence-corrected chi connectivity index (χ0v) is 12.5. The van der Waals surface area contributed by atoms with E-state index in [4.69, 9.17) is 16.7 Å². The van der Waals surface area contributed by atoms with Gasteiger partial charge in [-0.3, -0.25) is 14.9 Å². The van der Waals surface area contributed by atoms with Gasteiger partial charge in [0.05, 0.1) is 10.5 Å². The number of rotatable bonds is 4. The number of nitro benzene ring substituents is 1. The van der Waals surface area contributed by atoms with Crippen molar-refractivity contribution in [3.05, 3.63) is 38.9 Å². The Hall–Kier alpha value is -2.15. The van der Waals surface area contributed by atoms with E-state index in [9.17, 15) is 19.7 Å². The Morgan fingerprint density at radius 1 is 1.38 bits per heavy atom. The molecule has 1 atom stereocenters. The van der Waals surface area contributed by atoms with Crippen LogP contribution in [-0.4, -0.2) is 27.9 Å². The Kier molecular flexibility index (Phi) is 4.90. The molecule has 0 fully saturated rings. The standard InChI is InChI=1S/C13H15ClN2O5/c1-13(2,3)10(12(18)19)15-11(17)7-5-4-6-8(9(7)14)16(20)21/h4-6,10H,1-3H3,(H,15,17)(H,18,19)/t10-/m0/s1. The van der Waals surface area contributed by atoms with Crippen molar-refractivity contribution < 1.29 is 19.6 Å². The average molecular weight is 315 g/mol. The molecule has 2 N–H and O–H groups in total. The molecule has 1 aromatic carbocycles. The van der Waals surface area contributed by atoms with Crippen molar-refractivity contribution in [3.63, 3.8) is 0 Å². The molecule has 0 saturated carbocycles. The lowest BCUT2D eigenvalue weighted by molar-refractivity contribution is -0.384. The van der Waals surface area contributed by atoms with Gasteiger partial charge in [0.1, 0.15) is 11.1 Å². The molecular formula is C13H15ClN2O5. The number of hydrogen-bond donors (Lipinski definition) is 2. The number of carboxylic acids is 1. The predicted octanol–water partition coefficient (Wildman–Crippen LogP) is 2.48. The van der Waals surface area contributed by atoms with Gasteiger partial charge in [-0.25, -0.2) is 4.79 Å². The van der Waals surface area contributed by atoms with Gasteiger partial charge in [-0.1, -0.05) is 38.4 Å². The maximum absolute atomic E-state index is 12.1. The van der Waals surface area contributed by atoms with Crippen molar-refractivity contribution in [1.82, 2.24) is 5.32 Å². The van der Waals surface area contributed by atoms with Crippen LogP contribution >= 0.6 is 11.6 Å². The highest BCUT2D eigenvalue weighted by atomic mass is 35.5. The predicted molar refractivity (Wildman–Crippen MR) is 76.5 cm³/mol. The van der Waals surface area contributed by atoms with Gasteiger partial charge in [-0.15, -0.1) is 0 Å². The van der Waals surface area contributed by atoms with Crippen LogP contribution in [0.4, 0.5) is 5.69 Å². The molecule has 1 rings (SSSR count). The number of nitrogens with one attached hydrogen (secondary N) is 1. The van der Waals surface area contributed by atoms with Crippen LogP contribution in [0.25, 0.3) is 0 Å². The molecule has 114 valence electrons. The number of benzene rings is 1. The Morgan fingerprint density at radius 3 is 2.38 bits per heavy atom. The number of aliphatic carboxylic acids is 1. The third kappa shape index (κ3) is 3.91. The number of halogens is 1. The Labute approximate surface area is 126 Å². The topological polar surface area (TPSA) is 110 Å². The van der Waals surface area contributed by atoms with Crippen molar-refractivity contribution in [3.8, 4) is 0 Å². The first-order valence-corrected chi connectivity index (χ1v) is 6.40. The molecule has 0 unspecified atom stereocenters. The third-order valence-corrected chi connectivity index (χ3v) is 3.21. The summed E-state index contributed by atoms with van der Waals surface area (Å²) in [7, 11) is 0. The summed E-state index contributed by atoms with van der Waals surface area (Å²) >= 11 is 5.83. The van der Waals surface area contributed by atoms with E-state index < -0.39 is 33.9 Å². The summed E-state index contributed by atoms with van der Waals surface area (Å²) < 4.78 is 0. The van der Waals surface area contributed by atoms with Crippen LogP contribution in [0.3, 0.4) is 0 Å². The van der Waals surface area contributed by atoms with E-state index in [1.54, 1.807) is 20.8 Å². The molecule has 0 saturated heterocycles. The number of nitrogens with zero attached hydrogens (tertiary/aromatic N) is 1. The Bertz CT molecular complexity index is 595. The Morgan fingerprint density at radius 2 is 1.95 bits per heavy atom. The number of nitro groups is 1. The van der Waals surface area contributed by atoms with E-state index in [-0.39, 0.29) is 10.6 Å². The first-order valence-electron chi connectivity index (χ1n) is 6.02. The maximum atomic E-state index is 12.1. The normalized spacial score (nSPS) is 12.6. The summed E-state index contributed by atoms with van der Waals surface area (Å²) in [5.41, 5.74) is -1.28. The number of carbonyl (C=O) groups is 2. The second-order valence-electron chi connectivity index (χ2n) is 5.51. The number of carbonyl (C=O) groups excluding carboxylic acids is 1. The highest BCUT2D eigenvalue weighted by Crippen LogP contribution is 2.28. The molecule has 0 spiro atoms. The molecule has 0 aliphatic carbocycles. The second kappa shape index (κ2) is 6.09. The molecule has 7 nitrogen and oxygen atoms in total. The van der Waals surface area contributed by atoms with Crippen molar-refractivity contribution in [2.75, 3.05) is 0 Å². The highest BCUT2D eigenvalue weighted by Gasteiger charge is 2.33. The van der Waals surface area contributed by atoms with E-state index in [1.807, 2.05) is 0 Å². The molecule has 1 amide bonds. The monoisotopic (exact) mass is 314 g/mol. The second-order valence-corrected chi connectivity index (χ2v) is 5.88. The van der Waals surface area contributed by atoms with Gasteiger partial charge in [0.25, 0.3) is 11.6 Å². The van der Waals surface area contributed by atoms with Gasteiger partial charge in [-0.05, 0) is 11.5 Å². The lowest BCUT2D eigenvalue weighted by Gasteiger charge is -2.27. The van der Waals surface area contributed by atoms with Crippen LogP contribution in [0.5, 0.6) is 0 Å². The molecule has 8 heteroatoms. The largest absolute Gasteiger partial charge is 0.480 e. The fraction of sp³-hybridized carbons (Fsp3) is 0.385. The minimum atomic E-state index is -1.20.